The number of carbonyl (C=O) groups is 1. The van der Waals surface area contributed by atoms with E-state index in [9.17, 15) is 9.59 Å². The van der Waals surface area contributed by atoms with E-state index in [4.69, 9.17) is 4.42 Å². The van der Waals surface area contributed by atoms with Crippen molar-refractivity contribution in [3.63, 3.8) is 0 Å². The predicted molar refractivity (Wildman–Crippen MR) is 115 cm³/mol. The Balaban J connectivity index is 1.45. The van der Waals surface area contributed by atoms with Gasteiger partial charge in [0.15, 0.2) is 0 Å². The number of benzene rings is 3. The molecule has 0 saturated carbocycles. The van der Waals surface area contributed by atoms with Crippen LogP contribution >= 0.6 is 0 Å². The van der Waals surface area contributed by atoms with E-state index in [1.54, 1.807) is 17.0 Å². The molecule has 0 unspecified atom stereocenters. The average Bonchev–Trinajstić information content (AvgIpc) is 2.79. The fourth-order valence-electron chi connectivity index (χ4n) is 4.00. The van der Waals surface area contributed by atoms with Gasteiger partial charge in [-0.3, -0.25) is 4.79 Å². The maximum absolute atomic E-state index is 13.1. The van der Waals surface area contributed by atoms with Gasteiger partial charge in [0.25, 0.3) is 5.91 Å². The van der Waals surface area contributed by atoms with Crippen LogP contribution in [-0.2, 0) is 0 Å². The van der Waals surface area contributed by atoms with Crippen LogP contribution in [0.5, 0.6) is 0 Å². The first kappa shape index (κ1) is 17.5. The van der Waals surface area contributed by atoms with Crippen LogP contribution in [0.25, 0.3) is 21.7 Å². The summed E-state index contributed by atoms with van der Waals surface area (Å²) in [6.45, 7) is 2.61. The molecule has 1 aliphatic heterocycles. The Morgan fingerprint density at radius 3 is 2.31 bits per heavy atom. The lowest BCUT2D eigenvalue weighted by Crippen LogP contribution is -2.49. The zero-order chi connectivity index (χ0) is 19.8. The first-order chi connectivity index (χ1) is 14.2. The van der Waals surface area contributed by atoms with Gasteiger partial charge in [-0.25, -0.2) is 4.79 Å². The topological polar surface area (TPSA) is 53.8 Å². The molecular weight excluding hydrogens is 364 g/mol. The molecule has 0 spiro atoms. The molecule has 4 aromatic rings. The normalized spacial score (nSPS) is 14.5. The molecule has 5 heteroatoms. The molecule has 1 aliphatic rings. The van der Waals surface area contributed by atoms with Crippen molar-refractivity contribution in [3.05, 3.63) is 88.8 Å². The predicted octanol–water partition coefficient (Wildman–Crippen LogP) is 3.91. The zero-order valence-corrected chi connectivity index (χ0v) is 15.9. The maximum Gasteiger partial charge on any atom is 0.349 e. The van der Waals surface area contributed by atoms with Gasteiger partial charge in [0.05, 0.1) is 0 Å². The first-order valence-corrected chi connectivity index (χ1v) is 9.75. The fourth-order valence-corrected chi connectivity index (χ4v) is 4.00. The Hall–Kier alpha value is -3.60. The summed E-state index contributed by atoms with van der Waals surface area (Å²) >= 11 is 0. The number of rotatable bonds is 2. The molecule has 29 heavy (non-hydrogen) atoms. The van der Waals surface area contributed by atoms with Crippen LogP contribution in [0.1, 0.15) is 10.4 Å². The minimum Gasteiger partial charge on any atom is -0.422 e. The molecule has 0 bridgehead atoms. The number of fused-ring (bicyclic) bond motifs is 3. The van der Waals surface area contributed by atoms with Gasteiger partial charge in [-0.1, -0.05) is 48.5 Å². The van der Waals surface area contributed by atoms with Crippen LogP contribution in [0.4, 0.5) is 5.69 Å². The third-order valence-corrected chi connectivity index (χ3v) is 5.56. The third kappa shape index (κ3) is 3.14. The van der Waals surface area contributed by atoms with Gasteiger partial charge in [0.2, 0.25) is 0 Å². The highest BCUT2D eigenvalue weighted by Crippen LogP contribution is 2.25. The second-order valence-corrected chi connectivity index (χ2v) is 7.26. The van der Waals surface area contributed by atoms with Gasteiger partial charge in [0.1, 0.15) is 11.1 Å². The lowest BCUT2D eigenvalue weighted by atomic mass is 10.0. The quantitative estimate of drug-likeness (QED) is 0.388. The van der Waals surface area contributed by atoms with Crippen molar-refractivity contribution in [2.75, 3.05) is 31.1 Å². The van der Waals surface area contributed by atoms with Crippen LogP contribution in [0.3, 0.4) is 0 Å². The number of hydrogen-bond acceptors (Lipinski definition) is 4. The average molecular weight is 384 g/mol. The Kier molecular flexibility index (Phi) is 4.28. The molecule has 144 valence electrons. The van der Waals surface area contributed by atoms with E-state index in [2.05, 4.69) is 17.0 Å². The molecule has 0 atom stereocenters. The van der Waals surface area contributed by atoms with Gasteiger partial charge in [0, 0.05) is 37.3 Å². The minimum absolute atomic E-state index is 0.0991. The van der Waals surface area contributed by atoms with Gasteiger partial charge in [-0.2, -0.15) is 0 Å². The highest BCUT2D eigenvalue weighted by molar-refractivity contribution is 6.07. The van der Waals surface area contributed by atoms with E-state index in [-0.39, 0.29) is 11.5 Å². The molecule has 1 aromatic heterocycles. The number of carbonyl (C=O) groups excluding carboxylic acids is 1. The standard InChI is InChI=1S/C24H20N2O3/c27-23(26-14-12-25(13-15-26)18-7-2-1-3-8-18)21-16-20-19-9-5-4-6-17(19)10-11-22(20)29-24(21)28/h1-11,16H,12-15H2. The summed E-state index contributed by atoms with van der Waals surface area (Å²) < 4.78 is 5.49. The number of anilines is 1. The number of nitrogens with zero attached hydrogens (tertiary/aromatic N) is 2. The molecule has 1 amide bonds. The van der Waals surface area contributed by atoms with Crippen molar-refractivity contribution in [2.24, 2.45) is 0 Å². The SMILES string of the molecule is O=C(c1cc2c(ccc3ccccc32)oc1=O)N1CCN(c2ccccc2)CC1. The van der Waals surface area contributed by atoms with Crippen LogP contribution in [-0.4, -0.2) is 37.0 Å². The number of para-hydroxylation sites is 1. The molecule has 5 rings (SSSR count). The van der Waals surface area contributed by atoms with E-state index < -0.39 is 5.63 Å². The van der Waals surface area contributed by atoms with E-state index >= 15 is 0 Å². The monoisotopic (exact) mass is 384 g/mol. The van der Waals surface area contributed by atoms with Crippen molar-refractivity contribution in [1.82, 2.24) is 4.90 Å². The summed E-state index contributed by atoms with van der Waals surface area (Å²) in [6.07, 6.45) is 0. The Bertz CT molecular complexity index is 1260. The molecule has 1 saturated heterocycles. The smallest absolute Gasteiger partial charge is 0.349 e. The van der Waals surface area contributed by atoms with E-state index in [0.717, 1.165) is 34.9 Å². The van der Waals surface area contributed by atoms with Gasteiger partial charge in [-0.15, -0.1) is 0 Å². The molecule has 0 N–H and O–H groups in total. The van der Waals surface area contributed by atoms with E-state index in [1.165, 1.54) is 0 Å². The molecule has 5 nitrogen and oxygen atoms in total. The van der Waals surface area contributed by atoms with Crippen molar-refractivity contribution in [3.8, 4) is 0 Å². The molecular formula is C24H20N2O3. The number of amides is 1. The van der Waals surface area contributed by atoms with Crippen LogP contribution in [0.15, 0.2) is 82.0 Å². The second-order valence-electron chi connectivity index (χ2n) is 7.26. The Morgan fingerprint density at radius 2 is 1.52 bits per heavy atom. The largest absolute Gasteiger partial charge is 0.422 e. The van der Waals surface area contributed by atoms with Crippen molar-refractivity contribution in [2.45, 2.75) is 0 Å². The molecule has 0 radical (unpaired) electrons. The van der Waals surface area contributed by atoms with Crippen LogP contribution in [0.2, 0.25) is 0 Å². The highest BCUT2D eigenvalue weighted by atomic mass is 16.4. The second kappa shape index (κ2) is 7.09. The summed E-state index contributed by atoms with van der Waals surface area (Å²) in [6, 6.07) is 23.4. The molecule has 0 aliphatic carbocycles. The number of hydrogen-bond donors (Lipinski definition) is 0. The van der Waals surface area contributed by atoms with Crippen molar-refractivity contribution >= 4 is 33.3 Å². The Morgan fingerprint density at radius 1 is 0.793 bits per heavy atom. The summed E-state index contributed by atoms with van der Waals surface area (Å²) in [5, 5.41) is 2.80. The van der Waals surface area contributed by atoms with Crippen LogP contribution in [0, 0.1) is 0 Å². The summed E-state index contributed by atoms with van der Waals surface area (Å²) in [4.78, 5) is 29.6. The van der Waals surface area contributed by atoms with Gasteiger partial charge in [-0.05, 0) is 35.0 Å². The zero-order valence-electron chi connectivity index (χ0n) is 15.9. The van der Waals surface area contributed by atoms with Gasteiger partial charge < -0.3 is 14.2 Å². The minimum atomic E-state index is -0.580. The number of piperazine rings is 1. The lowest BCUT2D eigenvalue weighted by molar-refractivity contribution is 0.0742. The molecule has 2 heterocycles. The van der Waals surface area contributed by atoms with Gasteiger partial charge >= 0.3 is 5.63 Å². The summed E-state index contributed by atoms with van der Waals surface area (Å²) in [5.41, 5.74) is 1.17. The van der Waals surface area contributed by atoms with E-state index in [0.29, 0.717) is 18.7 Å². The lowest BCUT2D eigenvalue weighted by Gasteiger charge is -2.36. The Labute approximate surface area is 167 Å². The molecule has 3 aromatic carbocycles. The van der Waals surface area contributed by atoms with Crippen molar-refractivity contribution < 1.29 is 9.21 Å². The van der Waals surface area contributed by atoms with Crippen molar-refractivity contribution in [1.29, 1.82) is 0 Å². The maximum atomic E-state index is 13.1. The highest BCUT2D eigenvalue weighted by Gasteiger charge is 2.25. The third-order valence-electron chi connectivity index (χ3n) is 5.56. The summed E-state index contributed by atoms with van der Waals surface area (Å²) in [5.74, 6) is -0.263. The van der Waals surface area contributed by atoms with E-state index in [1.807, 2.05) is 48.5 Å². The van der Waals surface area contributed by atoms with Crippen LogP contribution < -0.4 is 10.5 Å². The summed E-state index contributed by atoms with van der Waals surface area (Å²) in [7, 11) is 0. The molecule has 1 fully saturated rings. The first-order valence-electron chi connectivity index (χ1n) is 9.75. The fraction of sp³-hybridized carbons (Fsp3) is 0.167.